The van der Waals surface area contributed by atoms with Gasteiger partial charge in [0.1, 0.15) is 11.6 Å². The fraction of sp³-hybridized carbons (Fsp3) is 0.400. The maximum absolute atomic E-state index is 13.5. The van der Waals surface area contributed by atoms with Crippen molar-refractivity contribution in [3.05, 3.63) is 58.4 Å². The number of likely N-dealkylation sites (N-methyl/N-ethyl adjacent to an activating group) is 1. The fourth-order valence-corrected chi connectivity index (χ4v) is 4.08. The van der Waals surface area contributed by atoms with Crippen LogP contribution >= 0.6 is 11.6 Å². The highest BCUT2D eigenvalue weighted by Gasteiger charge is 2.37. The highest BCUT2D eigenvalue weighted by atomic mass is 35.5. The minimum atomic E-state index is -0.540. The Bertz CT molecular complexity index is 1060. The van der Waals surface area contributed by atoms with E-state index in [1.54, 1.807) is 31.2 Å². The molecule has 2 aromatic carbocycles. The van der Waals surface area contributed by atoms with E-state index in [-0.39, 0.29) is 41.0 Å². The molecule has 0 bridgehead atoms. The highest BCUT2D eigenvalue weighted by molar-refractivity contribution is 6.30. The van der Waals surface area contributed by atoms with E-state index in [1.165, 1.54) is 17.0 Å². The SMILES string of the molecule is CCC1C(=O)N(CC)C(=O)c2cc(NC(=O)CC(C)CCOc3ccc(Cl)c(F)c3)ccc21. The minimum absolute atomic E-state index is 0.0269. The van der Waals surface area contributed by atoms with Crippen molar-refractivity contribution in [2.24, 2.45) is 5.92 Å². The number of hydrogen-bond acceptors (Lipinski definition) is 4. The smallest absolute Gasteiger partial charge is 0.260 e. The Labute approximate surface area is 198 Å². The van der Waals surface area contributed by atoms with Gasteiger partial charge in [0.25, 0.3) is 5.91 Å². The first-order chi connectivity index (χ1) is 15.7. The van der Waals surface area contributed by atoms with Gasteiger partial charge in [0.05, 0.1) is 17.5 Å². The molecule has 2 unspecified atom stereocenters. The summed E-state index contributed by atoms with van der Waals surface area (Å²) in [6.45, 7) is 6.26. The van der Waals surface area contributed by atoms with Gasteiger partial charge in [-0.2, -0.15) is 0 Å². The van der Waals surface area contributed by atoms with E-state index in [9.17, 15) is 18.8 Å². The summed E-state index contributed by atoms with van der Waals surface area (Å²) >= 11 is 5.66. The van der Waals surface area contributed by atoms with Crippen LogP contribution in [0.1, 0.15) is 61.9 Å². The molecule has 8 heteroatoms. The van der Waals surface area contributed by atoms with Gasteiger partial charge in [-0.3, -0.25) is 19.3 Å². The Hall–Kier alpha value is -2.93. The number of imide groups is 1. The number of ether oxygens (including phenoxy) is 1. The molecule has 176 valence electrons. The quantitative estimate of drug-likeness (QED) is 0.493. The lowest BCUT2D eigenvalue weighted by Gasteiger charge is -2.31. The Morgan fingerprint density at radius 1 is 1.21 bits per heavy atom. The zero-order chi connectivity index (χ0) is 24.1. The number of benzene rings is 2. The molecule has 0 fully saturated rings. The molecule has 1 N–H and O–H groups in total. The number of halogens is 2. The largest absolute Gasteiger partial charge is 0.493 e. The van der Waals surface area contributed by atoms with E-state index in [2.05, 4.69) is 5.32 Å². The van der Waals surface area contributed by atoms with Gasteiger partial charge >= 0.3 is 0 Å². The topological polar surface area (TPSA) is 75.7 Å². The Morgan fingerprint density at radius 2 is 1.97 bits per heavy atom. The molecule has 0 saturated carbocycles. The number of carbonyl (C=O) groups excluding carboxylic acids is 3. The normalized spacial score (nSPS) is 16.4. The predicted molar refractivity (Wildman–Crippen MR) is 125 cm³/mol. The van der Waals surface area contributed by atoms with Crippen LogP contribution < -0.4 is 10.1 Å². The van der Waals surface area contributed by atoms with E-state index in [0.29, 0.717) is 48.6 Å². The van der Waals surface area contributed by atoms with Gasteiger partial charge in [-0.25, -0.2) is 4.39 Å². The standard InChI is InChI=1S/C25H28ClFN2O4/c1-4-18-19-8-6-16(13-20(19)25(32)29(5-2)24(18)31)28-23(30)12-15(3)10-11-33-17-7-9-21(26)22(27)14-17/h6-9,13-15,18H,4-5,10-12H2,1-3H3,(H,28,30). The highest BCUT2D eigenvalue weighted by Crippen LogP contribution is 2.33. The molecule has 0 aliphatic carbocycles. The third kappa shape index (κ3) is 5.71. The summed E-state index contributed by atoms with van der Waals surface area (Å²) in [5.41, 5.74) is 1.68. The second-order valence-electron chi connectivity index (χ2n) is 8.22. The lowest BCUT2D eigenvalue weighted by atomic mass is 9.86. The lowest BCUT2D eigenvalue weighted by molar-refractivity contribution is -0.130. The van der Waals surface area contributed by atoms with Gasteiger partial charge in [-0.15, -0.1) is 0 Å². The predicted octanol–water partition coefficient (Wildman–Crippen LogP) is 5.41. The van der Waals surface area contributed by atoms with Crippen LogP contribution in [-0.4, -0.2) is 35.8 Å². The van der Waals surface area contributed by atoms with E-state index >= 15 is 0 Å². The van der Waals surface area contributed by atoms with Gasteiger partial charge in [-0.05, 0) is 55.5 Å². The summed E-state index contributed by atoms with van der Waals surface area (Å²) in [5.74, 6) is -1.16. The van der Waals surface area contributed by atoms with Crippen LogP contribution in [0.3, 0.4) is 0 Å². The molecule has 6 nitrogen and oxygen atoms in total. The summed E-state index contributed by atoms with van der Waals surface area (Å²) in [5, 5.41) is 2.88. The van der Waals surface area contributed by atoms with E-state index in [4.69, 9.17) is 16.3 Å². The molecule has 0 radical (unpaired) electrons. The van der Waals surface area contributed by atoms with Crippen LogP contribution in [0.25, 0.3) is 0 Å². The van der Waals surface area contributed by atoms with Crippen LogP contribution in [0.15, 0.2) is 36.4 Å². The van der Waals surface area contributed by atoms with Crippen LogP contribution in [0.5, 0.6) is 5.75 Å². The van der Waals surface area contributed by atoms with Gasteiger partial charge in [0.15, 0.2) is 0 Å². The minimum Gasteiger partial charge on any atom is -0.493 e. The Morgan fingerprint density at radius 3 is 2.64 bits per heavy atom. The Kier molecular flexibility index (Phi) is 8.08. The molecule has 1 aliphatic rings. The zero-order valence-corrected chi connectivity index (χ0v) is 19.7. The number of carbonyl (C=O) groups is 3. The molecular weight excluding hydrogens is 447 g/mol. The first-order valence-corrected chi connectivity index (χ1v) is 11.5. The van der Waals surface area contributed by atoms with E-state index in [1.807, 2.05) is 13.8 Å². The van der Waals surface area contributed by atoms with Crippen LogP contribution in [0.4, 0.5) is 10.1 Å². The lowest BCUT2D eigenvalue weighted by Crippen LogP contribution is -2.44. The average molecular weight is 475 g/mol. The second kappa shape index (κ2) is 10.8. The molecule has 3 rings (SSSR count). The van der Waals surface area contributed by atoms with Gasteiger partial charge in [0, 0.05) is 30.3 Å². The summed E-state index contributed by atoms with van der Waals surface area (Å²) in [7, 11) is 0. The van der Waals surface area contributed by atoms with Gasteiger partial charge in [0.2, 0.25) is 11.8 Å². The van der Waals surface area contributed by atoms with E-state index in [0.717, 1.165) is 0 Å². The van der Waals surface area contributed by atoms with Crippen molar-refractivity contribution in [3.63, 3.8) is 0 Å². The molecular formula is C25H28ClFN2O4. The maximum atomic E-state index is 13.5. The first kappa shape index (κ1) is 24.7. The maximum Gasteiger partial charge on any atom is 0.260 e. The molecule has 0 saturated heterocycles. The molecule has 0 aromatic heterocycles. The van der Waals surface area contributed by atoms with Gasteiger partial charge in [-0.1, -0.05) is 31.5 Å². The van der Waals surface area contributed by atoms with Crippen molar-refractivity contribution >= 4 is 35.0 Å². The number of nitrogens with zero attached hydrogens (tertiary/aromatic N) is 1. The number of anilines is 1. The molecule has 0 spiro atoms. The molecule has 2 aromatic rings. The molecule has 2 atom stereocenters. The zero-order valence-electron chi connectivity index (χ0n) is 19.0. The van der Waals surface area contributed by atoms with Gasteiger partial charge < -0.3 is 10.1 Å². The van der Waals surface area contributed by atoms with Crippen LogP contribution in [0.2, 0.25) is 5.02 Å². The van der Waals surface area contributed by atoms with Crippen molar-refractivity contribution in [2.75, 3.05) is 18.5 Å². The van der Waals surface area contributed by atoms with Crippen molar-refractivity contribution in [2.45, 2.75) is 46.0 Å². The first-order valence-electron chi connectivity index (χ1n) is 11.1. The van der Waals surface area contributed by atoms with Crippen molar-refractivity contribution in [3.8, 4) is 5.75 Å². The summed E-state index contributed by atoms with van der Waals surface area (Å²) < 4.78 is 19.0. The number of hydrogen-bond donors (Lipinski definition) is 1. The van der Waals surface area contributed by atoms with Crippen molar-refractivity contribution in [1.29, 1.82) is 0 Å². The fourth-order valence-electron chi connectivity index (χ4n) is 3.96. The monoisotopic (exact) mass is 474 g/mol. The third-order valence-electron chi connectivity index (χ3n) is 5.78. The van der Waals surface area contributed by atoms with Crippen molar-refractivity contribution in [1.82, 2.24) is 4.90 Å². The van der Waals surface area contributed by atoms with Crippen molar-refractivity contribution < 1.29 is 23.5 Å². The summed E-state index contributed by atoms with van der Waals surface area (Å²) in [4.78, 5) is 39.1. The Balaban J connectivity index is 1.57. The molecule has 3 amide bonds. The van der Waals surface area contributed by atoms with Crippen LogP contribution in [-0.2, 0) is 9.59 Å². The summed E-state index contributed by atoms with van der Waals surface area (Å²) in [6.07, 6.45) is 1.47. The van der Waals surface area contributed by atoms with E-state index < -0.39 is 5.82 Å². The second-order valence-corrected chi connectivity index (χ2v) is 8.63. The average Bonchev–Trinajstić information content (AvgIpc) is 2.77. The third-order valence-corrected chi connectivity index (χ3v) is 6.09. The molecule has 33 heavy (non-hydrogen) atoms. The number of rotatable bonds is 9. The number of amides is 3. The summed E-state index contributed by atoms with van der Waals surface area (Å²) in [6, 6.07) is 9.39. The number of fused-ring (bicyclic) bond motifs is 1. The molecule has 1 aliphatic heterocycles. The number of nitrogens with one attached hydrogen (secondary N) is 1. The molecule has 1 heterocycles. The van der Waals surface area contributed by atoms with Crippen LogP contribution in [0, 0.1) is 11.7 Å².